The Labute approximate surface area is 196 Å². The van der Waals surface area contributed by atoms with Gasteiger partial charge in [0.1, 0.15) is 5.76 Å². The highest BCUT2D eigenvalue weighted by Crippen LogP contribution is 2.29. The van der Waals surface area contributed by atoms with E-state index in [0.717, 1.165) is 43.3 Å². The number of aryl methyl sites for hydroxylation is 2. The fourth-order valence-electron chi connectivity index (χ4n) is 3.31. The zero-order chi connectivity index (χ0) is 21.7. The molecule has 1 aliphatic rings. The van der Waals surface area contributed by atoms with Crippen LogP contribution in [0.1, 0.15) is 30.2 Å². The molecule has 0 spiro atoms. The SMILES string of the molecule is Cc1nc(CN2CCC(CN=C(N)Nc3ccccc3OC(F)(F)F)CC2)oc1C.I. The van der Waals surface area contributed by atoms with Crippen molar-refractivity contribution in [3.63, 3.8) is 0 Å². The number of aliphatic imine (C=N–C) groups is 1. The van der Waals surface area contributed by atoms with Gasteiger partial charge in [0.25, 0.3) is 0 Å². The lowest BCUT2D eigenvalue weighted by atomic mass is 9.97. The number of aromatic nitrogens is 1. The highest BCUT2D eigenvalue weighted by molar-refractivity contribution is 14.0. The minimum atomic E-state index is -4.78. The quantitative estimate of drug-likeness (QED) is 0.313. The average molecular weight is 553 g/mol. The normalized spacial score (nSPS) is 16.1. The predicted molar refractivity (Wildman–Crippen MR) is 123 cm³/mol. The summed E-state index contributed by atoms with van der Waals surface area (Å²) < 4.78 is 47.2. The maximum absolute atomic E-state index is 12.5. The number of nitrogens with zero attached hydrogens (tertiary/aromatic N) is 3. The number of nitrogens with two attached hydrogens (primary N) is 1. The number of rotatable bonds is 6. The third-order valence-corrected chi connectivity index (χ3v) is 5.03. The molecule has 3 rings (SSSR count). The summed E-state index contributed by atoms with van der Waals surface area (Å²) in [7, 11) is 0. The maximum Gasteiger partial charge on any atom is 0.573 e. The average Bonchev–Trinajstić information content (AvgIpc) is 2.99. The molecule has 31 heavy (non-hydrogen) atoms. The van der Waals surface area contributed by atoms with Crippen molar-refractivity contribution < 1.29 is 22.3 Å². The Hall–Kier alpha value is -2.02. The third-order valence-electron chi connectivity index (χ3n) is 5.03. The second kappa shape index (κ2) is 11.0. The van der Waals surface area contributed by atoms with E-state index in [1.54, 1.807) is 6.07 Å². The Morgan fingerprint density at radius 3 is 2.58 bits per heavy atom. The highest BCUT2D eigenvalue weighted by Gasteiger charge is 2.32. The standard InChI is InChI=1S/C20H26F3N5O2.HI/c1-13-14(2)29-18(26-13)12-28-9-7-15(8-10-28)11-25-19(24)27-16-5-3-4-6-17(16)30-20(21,22)23;/h3-6,15H,7-12H2,1-2H3,(H3,24,25,27);1H. The lowest BCUT2D eigenvalue weighted by Gasteiger charge is -2.30. The smallest absolute Gasteiger partial charge is 0.444 e. The number of alkyl halides is 3. The van der Waals surface area contributed by atoms with Gasteiger partial charge in [-0.3, -0.25) is 9.89 Å². The van der Waals surface area contributed by atoms with Crippen LogP contribution >= 0.6 is 24.0 Å². The number of benzene rings is 1. The molecular weight excluding hydrogens is 526 g/mol. The van der Waals surface area contributed by atoms with E-state index >= 15 is 0 Å². The number of guanidine groups is 1. The topological polar surface area (TPSA) is 88.9 Å². The Kier molecular flexibility index (Phi) is 8.98. The van der Waals surface area contributed by atoms with Crippen molar-refractivity contribution in [3.8, 4) is 5.75 Å². The number of oxazole rings is 1. The van der Waals surface area contributed by atoms with Gasteiger partial charge in [-0.05, 0) is 57.8 Å². The van der Waals surface area contributed by atoms with Gasteiger partial charge in [-0.15, -0.1) is 37.1 Å². The number of nitrogens with one attached hydrogen (secondary N) is 1. The Bertz CT molecular complexity index is 860. The van der Waals surface area contributed by atoms with Gasteiger partial charge in [0.2, 0.25) is 5.89 Å². The minimum absolute atomic E-state index is 0. The van der Waals surface area contributed by atoms with Crippen LogP contribution in [0.3, 0.4) is 0 Å². The number of piperidine rings is 1. The van der Waals surface area contributed by atoms with E-state index < -0.39 is 6.36 Å². The molecule has 1 fully saturated rings. The molecule has 1 aromatic carbocycles. The fourth-order valence-corrected chi connectivity index (χ4v) is 3.31. The molecule has 172 valence electrons. The van der Waals surface area contributed by atoms with Crippen molar-refractivity contribution in [1.29, 1.82) is 0 Å². The summed E-state index contributed by atoms with van der Waals surface area (Å²) in [6, 6.07) is 5.71. The van der Waals surface area contributed by atoms with E-state index in [0.29, 0.717) is 19.0 Å². The van der Waals surface area contributed by atoms with Gasteiger partial charge in [0.15, 0.2) is 11.7 Å². The van der Waals surface area contributed by atoms with E-state index in [4.69, 9.17) is 10.2 Å². The van der Waals surface area contributed by atoms with Crippen LogP contribution in [0.2, 0.25) is 0 Å². The molecule has 0 amide bonds. The van der Waals surface area contributed by atoms with Gasteiger partial charge >= 0.3 is 6.36 Å². The van der Waals surface area contributed by atoms with Crippen molar-refractivity contribution >= 4 is 35.6 Å². The largest absolute Gasteiger partial charge is 0.573 e. The van der Waals surface area contributed by atoms with Gasteiger partial charge in [0, 0.05) is 6.54 Å². The summed E-state index contributed by atoms with van der Waals surface area (Å²) >= 11 is 0. The summed E-state index contributed by atoms with van der Waals surface area (Å²) in [5.74, 6) is 1.64. The maximum atomic E-state index is 12.5. The summed E-state index contributed by atoms with van der Waals surface area (Å²) in [5.41, 5.74) is 6.90. The van der Waals surface area contributed by atoms with E-state index in [2.05, 4.69) is 24.9 Å². The van der Waals surface area contributed by atoms with Gasteiger partial charge in [-0.25, -0.2) is 4.98 Å². The Morgan fingerprint density at radius 1 is 1.29 bits per heavy atom. The van der Waals surface area contributed by atoms with Gasteiger partial charge < -0.3 is 20.2 Å². The van der Waals surface area contributed by atoms with Crippen LogP contribution in [0, 0.1) is 19.8 Å². The summed E-state index contributed by atoms with van der Waals surface area (Å²) in [5, 5.41) is 2.69. The molecule has 0 aliphatic carbocycles. The molecular formula is C20H27F3IN5O2. The molecule has 0 unspecified atom stereocenters. The van der Waals surface area contributed by atoms with Crippen LogP contribution in [-0.4, -0.2) is 41.8 Å². The monoisotopic (exact) mass is 553 g/mol. The molecule has 0 bridgehead atoms. The lowest BCUT2D eigenvalue weighted by molar-refractivity contribution is -0.274. The highest BCUT2D eigenvalue weighted by atomic mass is 127. The molecule has 2 aromatic rings. The number of hydrogen-bond donors (Lipinski definition) is 2. The van der Waals surface area contributed by atoms with Crippen molar-refractivity contribution in [2.45, 2.75) is 39.6 Å². The molecule has 3 N–H and O–H groups in total. The van der Waals surface area contributed by atoms with Crippen molar-refractivity contribution in [2.75, 3.05) is 25.0 Å². The number of hydrogen-bond acceptors (Lipinski definition) is 5. The van der Waals surface area contributed by atoms with Crippen molar-refractivity contribution in [1.82, 2.24) is 9.88 Å². The molecule has 11 heteroatoms. The van der Waals surface area contributed by atoms with Gasteiger partial charge in [-0.1, -0.05) is 12.1 Å². The van der Waals surface area contributed by atoms with Crippen LogP contribution < -0.4 is 15.8 Å². The van der Waals surface area contributed by atoms with Crippen molar-refractivity contribution in [2.24, 2.45) is 16.6 Å². The summed E-state index contributed by atoms with van der Waals surface area (Å²) in [4.78, 5) is 11.0. The Morgan fingerprint density at radius 2 is 1.97 bits per heavy atom. The van der Waals surface area contributed by atoms with Crippen LogP contribution in [0.5, 0.6) is 5.75 Å². The first kappa shape index (κ1) is 25.2. The number of anilines is 1. The fraction of sp³-hybridized carbons (Fsp3) is 0.500. The molecule has 0 radical (unpaired) electrons. The van der Waals surface area contributed by atoms with E-state index in [-0.39, 0.29) is 41.4 Å². The molecule has 7 nitrogen and oxygen atoms in total. The first-order valence-corrected chi connectivity index (χ1v) is 9.76. The van der Waals surface area contributed by atoms with Crippen LogP contribution in [0.4, 0.5) is 18.9 Å². The van der Waals surface area contributed by atoms with E-state index in [1.165, 1.54) is 18.2 Å². The molecule has 0 atom stereocenters. The molecule has 1 aliphatic heterocycles. The lowest BCUT2D eigenvalue weighted by Crippen LogP contribution is -2.34. The number of ether oxygens (including phenoxy) is 1. The first-order chi connectivity index (χ1) is 14.2. The second-order valence-electron chi connectivity index (χ2n) is 7.36. The number of para-hydroxylation sites is 2. The number of halogens is 4. The van der Waals surface area contributed by atoms with Crippen LogP contribution in [-0.2, 0) is 6.54 Å². The van der Waals surface area contributed by atoms with Crippen LogP contribution in [0.15, 0.2) is 33.7 Å². The third kappa shape index (κ3) is 7.87. The zero-order valence-corrected chi connectivity index (χ0v) is 19.7. The first-order valence-electron chi connectivity index (χ1n) is 9.76. The second-order valence-corrected chi connectivity index (χ2v) is 7.36. The van der Waals surface area contributed by atoms with Gasteiger partial charge in [-0.2, -0.15) is 0 Å². The number of likely N-dealkylation sites (tertiary alicyclic amines) is 1. The zero-order valence-electron chi connectivity index (χ0n) is 17.4. The predicted octanol–water partition coefficient (Wildman–Crippen LogP) is 4.45. The molecule has 1 saturated heterocycles. The van der Waals surface area contributed by atoms with E-state index in [1.807, 2.05) is 13.8 Å². The van der Waals surface area contributed by atoms with Crippen LogP contribution in [0.25, 0.3) is 0 Å². The molecule has 0 saturated carbocycles. The Balaban J connectivity index is 0.00000341. The molecule has 1 aromatic heterocycles. The summed E-state index contributed by atoms with van der Waals surface area (Å²) in [6.07, 6.45) is -2.88. The van der Waals surface area contributed by atoms with E-state index in [9.17, 15) is 13.2 Å². The van der Waals surface area contributed by atoms with Crippen molar-refractivity contribution in [3.05, 3.63) is 41.6 Å². The summed E-state index contributed by atoms with van der Waals surface area (Å²) in [6.45, 7) is 6.82. The molecule has 2 heterocycles. The van der Waals surface area contributed by atoms with Gasteiger partial charge in [0.05, 0.1) is 17.9 Å². The minimum Gasteiger partial charge on any atom is -0.444 e.